The van der Waals surface area contributed by atoms with Crippen LogP contribution in [0.1, 0.15) is 86.3 Å². The van der Waals surface area contributed by atoms with E-state index in [-0.39, 0.29) is 34.7 Å². The van der Waals surface area contributed by atoms with E-state index in [1.54, 1.807) is 18.9 Å². The number of cyclic esters (lactones) is 1. The van der Waals surface area contributed by atoms with Gasteiger partial charge in [0.25, 0.3) is 0 Å². The molecule has 0 spiro atoms. The van der Waals surface area contributed by atoms with Crippen molar-refractivity contribution in [1.82, 2.24) is 0 Å². The van der Waals surface area contributed by atoms with E-state index in [4.69, 9.17) is 18.6 Å². The number of hydrogen-bond donors (Lipinski definition) is 0. The molecule has 1 aromatic rings. The number of thioether (sulfide) groups is 1. The summed E-state index contributed by atoms with van der Waals surface area (Å²) in [6.45, 7) is 8.05. The Hall–Kier alpha value is -2.39. The highest BCUT2D eigenvalue weighted by molar-refractivity contribution is 7.99. The number of Topliss-reactive ketones (excluding diaryl/α,β-unsaturated/α-hetero) is 2. The highest BCUT2D eigenvalue weighted by Crippen LogP contribution is 2.64. The molecule has 6 atom stereocenters. The molecule has 1 aromatic heterocycles. The maximum absolute atomic E-state index is 14.1. The monoisotopic (exact) mass is 544 g/mol. The predicted molar refractivity (Wildman–Crippen MR) is 140 cm³/mol. The smallest absolute Gasteiger partial charge is 0.342 e. The Balaban J connectivity index is 1.57. The molecule has 0 unspecified atom stereocenters. The number of methoxy groups -OCH3 is 1. The van der Waals surface area contributed by atoms with Crippen LogP contribution in [-0.4, -0.2) is 60.9 Å². The van der Waals surface area contributed by atoms with E-state index in [9.17, 15) is 19.2 Å². The number of rotatable bonds is 9. The minimum Gasteiger partial charge on any atom is -0.460 e. The molecule has 1 aliphatic heterocycles. The fraction of sp³-hybridized carbons (Fsp3) is 0.655. The molecule has 1 fully saturated rings. The summed E-state index contributed by atoms with van der Waals surface area (Å²) in [5, 5.41) is 0. The molecular formula is C29H36O8S. The van der Waals surface area contributed by atoms with Gasteiger partial charge in [-0.25, -0.2) is 4.79 Å². The summed E-state index contributed by atoms with van der Waals surface area (Å²) in [7, 11) is 1.65. The van der Waals surface area contributed by atoms with Crippen LogP contribution in [0.25, 0.3) is 0 Å². The molecule has 1 saturated carbocycles. The van der Waals surface area contributed by atoms with Crippen molar-refractivity contribution in [2.24, 2.45) is 17.3 Å². The van der Waals surface area contributed by atoms with E-state index in [2.05, 4.69) is 6.92 Å². The maximum atomic E-state index is 14.1. The van der Waals surface area contributed by atoms with Crippen LogP contribution in [0.4, 0.5) is 0 Å². The first-order valence-corrected chi connectivity index (χ1v) is 14.6. The van der Waals surface area contributed by atoms with Crippen molar-refractivity contribution in [3.63, 3.8) is 0 Å². The van der Waals surface area contributed by atoms with E-state index in [1.165, 1.54) is 13.2 Å². The van der Waals surface area contributed by atoms with Gasteiger partial charge < -0.3 is 18.6 Å². The van der Waals surface area contributed by atoms with E-state index in [1.807, 2.05) is 13.8 Å². The van der Waals surface area contributed by atoms with Gasteiger partial charge >= 0.3 is 11.9 Å². The molecule has 9 heteroatoms. The van der Waals surface area contributed by atoms with Crippen molar-refractivity contribution in [3.05, 3.63) is 34.3 Å². The quantitative estimate of drug-likeness (QED) is 0.323. The molecule has 0 saturated heterocycles. The van der Waals surface area contributed by atoms with Crippen LogP contribution in [0.3, 0.4) is 0 Å². The number of carbonyl (C=O) groups excluding carboxylic acids is 4. The number of furan rings is 1. The van der Waals surface area contributed by atoms with Gasteiger partial charge in [-0.2, -0.15) is 11.8 Å². The summed E-state index contributed by atoms with van der Waals surface area (Å²) in [6.07, 6.45) is 3.19. The second-order valence-corrected chi connectivity index (χ2v) is 12.5. The zero-order valence-electron chi connectivity index (χ0n) is 22.7. The first kappa shape index (κ1) is 27.2. The molecule has 8 nitrogen and oxygen atoms in total. The second kappa shape index (κ2) is 9.97. The zero-order chi connectivity index (χ0) is 27.4. The van der Waals surface area contributed by atoms with Crippen molar-refractivity contribution < 1.29 is 37.8 Å². The van der Waals surface area contributed by atoms with Gasteiger partial charge in [0.1, 0.15) is 29.8 Å². The summed E-state index contributed by atoms with van der Waals surface area (Å²) < 4.78 is 22.7. The van der Waals surface area contributed by atoms with Gasteiger partial charge in [-0.15, -0.1) is 0 Å². The fourth-order valence-electron chi connectivity index (χ4n) is 7.73. The highest BCUT2D eigenvalue weighted by Gasteiger charge is 2.64. The first-order valence-electron chi connectivity index (χ1n) is 13.5. The van der Waals surface area contributed by atoms with Crippen molar-refractivity contribution in [1.29, 1.82) is 0 Å². The van der Waals surface area contributed by atoms with E-state index < -0.39 is 35.0 Å². The van der Waals surface area contributed by atoms with Crippen LogP contribution >= 0.6 is 11.8 Å². The second-order valence-electron chi connectivity index (χ2n) is 11.4. The molecule has 0 bridgehead atoms. The highest BCUT2D eigenvalue weighted by atomic mass is 32.2. The predicted octanol–water partition coefficient (Wildman–Crippen LogP) is 4.69. The lowest BCUT2D eigenvalue weighted by molar-refractivity contribution is -0.148. The molecule has 2 heterocycles. The average Bonchev–Trinajstić information content (AvgIpc) is 3.45. The lowest BCUT2D eigenvalue weighted by Crippen LogP contribution is -2.56. The van der Waals surface area contributed by atoms with Crippen LogP contribution in [-0.2, 0) is 29.2 Å². The van der Waals surface area contributed by atoms with E-state index in [0.29, 0.717) is 42.8 Å². The van der Waals surface area contributed by atoms with Crippen molar-refractivity contribution in [2.45, 2.75) is 77.4 Å². The number of carbonyl (C=O) groups is 4. The van der Waals surface area contributed by atoms with Gasteiger partial charge in [0.15, 0.2) is 5.76 Å². The standard InChI is InChI=1S/C29H36O8S/c1-6-21-29(4)23-18(27(33)37-21)13-35-26(23)25(32)22-19-8-7-16(11-17(31)14-38-10-9-34-5)28(19,3)12-20(24(22)29)36-15(2)30/h13,16,19-21H,6-12,14H2,1-5H3/t16-,19+,20-,21-,28-,29+/m1/s1. The molecule has 4 aliphatic rings. The summed E-state index contributed by atoms with van der Waals surface area (Å²) in [4.78, 5) is 52.2. The molecule has 0 N–H and O–H groups in total. The molecule has 38 heavy (non-hydrogen) atoms. The number of fused-ring (bicyclic) bond motifs is 3. The Labute approximate surface area is 227 Å². The molecule has 0 aromatic carbocycles. The minimum absolute atomic E-state index is 0.0652. The normalized spacial score (nSPS) is 33.4. The number of esters is 2. The van der Waals surface area contributed by atoms with Gasteiger partial charge in [0.05, 0.1) is 17.8 Å². The lowest BCUT2D eigenvalue weighted by Gasteiger charge is -2.53. The van der Waals surface area contributed by atoms with Crippen LogP contribution < -0.4 is 0 Å². The Kier molecular flexibility index (Phi) is 7.14. The average molecular weight is 545 g/mol. The number of hydrogen-bond acceptors (Lipinski definition) is 9. The van der Waals surface area contributed by atoms with Crippen molar-refractivity contribution in [3.8, 4) is 0 Å². The Morgan fingerprint density at radius 1 is 1.21 bits per heavy atom. The van der Waals surface area contributed by atoms with Crippen LogP contribution in [0, 0.1) is 17.3 Å². The lowest BCUT2D eigenvalue weighted by atomic mass is 9.52. The van der Waals surface area contributed by atoms with E-state index in [0.717, 1.165) is 24.2 Å². The summed E-state index contributed by atoms with van der Waals surface area (Å²) in [6, 6.07) is 0. The third kappa shape index (κ3) is 3.99. The summed E-state index contributed by atoms with van der Waals surface area (Å²) >= 11 is 1.57. The minimum atomic E-state index is -0.850. The van der Waals surface area contributed by atoms with Crippen LogP contribution in [0.15, 0.2) is 21.8 Å². The van der Waals surface area contributed by atoms with Crippen molar-refractivity contribution in [2.75, 3.05) is 25.2 Å². The van der Waals surface area contributed by atoms with E-state index >= 15 is 0 Å². The topological polar surface area (TPSA) is 109 Å². The Morgan fingerprint density at radius 3 is 2.66 bits per heavy atom. The fourth-order valence-corrected chi connectivity index (χ4v) is 8.51. The van der Waals surface area contributed by atoms with Crippen LogP contribution in [0.5, 0.6) is 0 Å². The van der Waals surface area contributed by atoms with Crippen LogP contribution in [0.2, 0.25) is 0 Å². The van der Waals surface area contributed by atoms with Gasteiger partial charge in [-0.3, -0.25) is 14.4 Å². The Morgan fingerprint density at radius 2 is 1.97 bits per heavy atom. The largest absolute Gasteiger partial charge is 0.460 e. The van der Waals surface area contributed by atoms with Gasteiger partial charge in [0, 0.05) is 37.3 Å². The maximum Gasteiger partial charge on any atom is 0.342 e. The molecule has 3 aliphatic carbocycles. The summed E-state index contributed by atoms with van der Waals surface area (Å²) in [5.41, 5.74) is 0.943. The third-order valence-corrected chi connectivity index (χ3v) is 10.4. The van der Waals surface area contributed by atoms with Gasteiger partial charge in [0.2, 0.25) is 5.78 Å². The summed E-state index contributed by atoms with van der Waals surface area (Å²) in [5.74, 6) is 0.367. The van der Waals surface area contributed by atoms with Gasteiger partial charge in [-0.1, -0.05) is 13.8 Å². The molecule has 0 amide bonds. The molecule has 0 radical (unpaired) electrons. The third-order valence-electron chi connectivity index (χ3n) is 9.40. The zero-order valence-corrected chi connectivity index (χ0v) is 23.5. The first-order chi connectivity index (χ1) is 18.1. The number of ether oxygens (including phenoxy) is 3. The number of ketones is 2. The SMILES string of the molecule is CC[C@H]1OC(=O)c2coc3c2[C@@]1(C)C1=C(C3=O)[C@@H]2CC[C@H](CC(=O)CSCCOC)[C@@]2(C)C[C@H]1OC(C)=O. The Bertz CT molecular complexity index is 1210. The molecule has 206 valence electrons. The van der Waals surface area contributed by atoms with Crippen molar-refractivity contribution >= 4 is 35.3 Å². The van der Waals surface area contributed by atoms with Gasteiger partial charge in [-0.05, 0) is 55.4 Å². The molecular weight excluding hydrogens is 508 g/mol. The number of allylic oxidation sites excluding steroid dienone is 1. The molecule has 5 rings (SSSR count).